The van der Waals surface area contributed by atoms with Crippen LogP contribution in [-0.2, 0) is 0 Å². The Morgan fingerprint density at radius 3 is 2.79 bits per heavy atom. The highest BCUT2D eigenvalue weighted by atomic mass is 79.9. The largest absolute Gasteiger partial charge is 0.398 e. The molecular weight excluding hydrogens is 302 g/mol. The highest BCUT2D eigenvalue weighted by Gasteiger charge is 2.21. The van der Waals surface area contributed by atoms with E-state index in [1.54, 1.807) is 0 Å². The fourth-order valence-corrected chi connectivity index (χ4v) is 3.24. The van der Waals surface area contributed by atoms with Crippen molar-refractivity contribution in [3.8, 4) is 11.3 Å². The molecule has 100 valence electrons. The van der Waals surface area contributed by atoms with Gasteiger partial charge in [0.1, 0.15) is 0 Å². The second kappa shape index (κ2) is 5.00. The van der Waals surface area contributed by atoms with Crippen molar-refractivity contribution < 1.29 is 0 Å². The van der Waals surface area contributed by atoms with E-state index in [0.717, 1.165) is 27.0 Å². The van der Waals surface area contributed by atoms with Gasteiger partial charge < -0.3 is 5.73 Å². The smallest absolute Gasteiger partial charge is 0.0706 e. The summed E-state index contributed by atoms with van der Waals surface area (Å²) >= 11 is 3.59. The lowest BCUT2D eigenvalue weighted by Gasteiger charge is -2.16. The summed E-state index contributed by atoms with van der Waals surface area (Å²) < 4.78 is 3.25. The van der Waals surface area contributed by atoms with E-state index in [2.05, 4.69) is 44.8 Å². The predicted octanol–water partition coefficient (Wildman–Crippen LogP) is 4.32. The molecule has 0 radical (unpaired) electrons. The van der Waals surface area contributed by atoms with Gasteiger partial charge in [-0.15, -0.1) is 0 Å². The fourth-order valence-electron chi connectivity index (χ4n) is 2.89. The first-order valence-corrected chi connectivity index (χ1v) is 7.55. The second-order valence-corrected chi connectivity index (χ2v) is 6.14. The molecule has 0 aliphatic heterocycles. The molecule has 4 heteroatoms. The van der Waals surface area contributed by atoms with Gasteiger partial charge in [0.05, 0.1) is 11.7 Å². The maximum Gasteiger partial charge on any atom is 0.0706 e. The Labute approximate surface area is 121 Å². The normalized spacial score (nSPS) is 16.1. The van der Waals surface area contributed by atoms with E-state index in [0.29, 0.717) is 6.04 Å². The Hall–Kier alpha value is -1.29. The Morgan fingerprint density at radius 2 is 2.05 bits per heavy atom. The lowest BCUT2D eigenvalue weighted by atomic mass is 10.1. The molecule has 3 nitrogen and oxygen atoms in total. The zero-order valence-electron chi connectivity index (χ0n) is 11.1. The standard InChI is InChI=1S/C15H18BrN3/c1-10-8-14(17)12(9-13(10)16)15-6-7-18-19(15)11-4-2-3-5-11/h6-9,11H,2-5,17H2,1H3. The number of benzene rings is 1. The molecule has 1 aliphatic carbocycles. The van der Waals surface area contributed by atoms with Crippen LogP contribution in [0.3, 0.4) is 0 Å². The Balaban J connectivity index is 2.07. The summed E-state index contributed by atoms with van der Waals surface area (Å²) in [5.74, 6) is 0. The van der Waals surface area contributed by atoms with Gasteiger partial charge in [-0.1, -0.05) is 28.8 Å². The van der Waals surface area contributed by atoms with Crippen LogP contribution in [0.5, 0.6) is 0 Å². The van der Waals surface area contributed by atoms with Crippen LogP contribution in [0.15, 0.2) is 28.9 Å². The first kappa shape index (κ1) is 12.7. The van der Waals surface area contributed by atoms with Crippen LogP contribution in [0.1, 0.15) is 37.3 Å². The molecule has 0 amide bonds. The van der Waals surface area contributed by atoms with Crippen molar-refractivity contribution in [2.24, 2.45) is 0 Å². The van der Waals surface area contributed by atoms with Gasteiger partial charge in [-0.25, -0.2) is 0 Å². The number of rotatable bonds is 2. The van der Waals surface area contributed by atoms with Crippen LogP contribution >= 0.6 is 15.9 Å². The van der Waals surface area contributed by atoms with Crippen LogP contribution in [0.2, 0.25) is 0 Å². The van der Waals surface area contributed by atoms with Gasteiger partial charge in [-0.2, -0.15) is 5.10 Å². The van der Waals surface area contributed by atoms with Gasteiger partial charge in [-0.05, 0) is 43.5 Å². The van der Waals surface area contributed by atoms with Crippen LogP contribution in [0.25, 0.3) is 11.3 Å². The number of nitrogen functional groups attached to an aromatic ring is 1. The monoisotopic (exact) mass is 319 g/mol. The highest BCUT2D eigenvalue weighted by molar-refractivity contribution is 9.10. The molecule has 1 fully saturated rings. The number of hydrogen-bond donors (Lipinski definition) is 1. The molecule has 1 aromatic heterocycles. The summed E-state index contributed by atoms with van der Waals surface area (Å²) in [5, 5.41) is 4.51. The van der Waals surface area contributed by atoms with Gasteiger partial charge in [0.2, 0.25) is 0 Å². The van der Waals surface area contributed by atoms with Gasteiger partial charge in [0, 0.05) is 21.9 Å². The lowest BCUT2D eigenvalue weighted by Crippen LogP contribution is -2.08. The number of aromatic nitrogens is 2. The van der Waals surface area contributed by atoms with Crippen LogP contribution in [-0.4, -0.2) is 9.78 Å². The van der Waals surface area contributed by atoms with Gasteiger partial charge in [-0.3, -0.25) is 4.68 Å². The number of aryl methyl sites for hydroxylation is 1. The minimum absolute atomic E-state index is 0.532. The predicted molar refractivity (Wildman–Crippen MR) is 82.0 cm³/mol. The molecule has 0 saturated heterocycles. The fraction of sp³-hybridized carbons (Fsp3) is 0.400. The molecule has 1 saturated carbocycles. The summed E-state index contributed by atoms with van der Waals surface area (Å²) in [6.07, 6.45) is 6.93. The molecule has 1 aliphatic rings. The zero-order valence-corrected chi connectivity index (χ0v) is 12.7. The Bertz CT molecular complexity index is 597. The van der Waals surface area contributed by atoms with Gasteiger partial charge >= 0.3 is 0 Å². The summed E-state index contributed by atoms with van der Waals surface area (Å²) in [6.45, 7) is 2.05. The Kier molecular flexibility index (Phi) is 3.35. The van der Waals surface area contributed by atoms with E-state index in [1.807, 2.05) is 12.3 Å². The van der Waals surface area contributed by atoms with Crippen LogP contribution < -0.4 is 5.73 Å². The van der Waals surface area contributed by atoms with E-state index in [1.165, 1.54) is 25.7 Å². The van der Waals surface area contributed by atoms with Gasteiger partial charge in [0.25, 0.3) is 0 Å². The maximum atomic E-state index is 6.19. The molecule has 2 aromatic rings. The van der Waals surface area contributed by atoms with Crippen molar-refractivity contribution in [2.75, 3.05) is 5.73 Å². The minimum Gasteiger partial charge on any atom is -0.398 e. The first-order valence-electron chi connectivity index (χ1n) is 6.76. The number of nitrogens with zero attached hydrogens (tertiary/aromatic N) is 2. The van der Waals surface area contributed by atoms with Crippen molar-refractivity contribution in [1.82, 2.24) is 9.78 Å². The van der Waals surface area contributed by atoms with E-state index in [-0.39, 0.29) is 0 Å². The van der Waals surface area contributed by atoms with Crippen molar-refractivity contribution in [1.29, 1.82) is 0 Å². The minimum atomic E-state index is 0.532. The molecule has 2 N–H and O–H groups in total. The first-order chi connectivity index (χ1) is 9.16. The number of nitrogens with two attached hydrogens (primary N) is 1. The molecule has 0 spiro atoms. The summed E-state index contributed by atoms with van der Waals surface area (Å²) in [6, 6.07) is 6.72. The number of halogens is 1. The van der Waals surface area contributed by atoms with E-state index in [9.17, 15) is 0 Å². The average molecular weight is 320 g/mol. The van der Waals surface area contributed by atoms with E-state index >= 15 is 0 Å². The second-order valence-electron chi connectivity index (χ2n) is 5.29. The molecule has 1 aromatic carbocycles. The zero-order chi connectivity index (χ0) is 13.4. The van der Waals surface area contributed by atoms with Crippen molar-refractivity contribution in [2.45, 2.75) is 38.6 Å². The topological polar surface area (TPSA) is 43.8 Å². The number of hydrogen-bond acceptors (Lipinski definition) is 2. The molecule has 0 atom stereocenters. The molecule has 3 rings (SSSR count). The highest BCUT2D eigenvalue weighted by Crippen LogP contribution is 2.36. The van der Waals surface area contributed by atoms with Crippen LogP contribution in [0, 0.1) is 6.92 Å². The molecule has 19 heavy (non-hydrogen) atoms. The third kappa shape index (κ3) is 2.29. The average Bonchev–Trinajstić information content (AvgIpc) is 3.03. The van der Waals surface area contributed by atoms with E-state index in [4.69, 9.17) is 5.73 Å². The van der Waals surface area contributed by atoms with Crippen molar-refractivity contribution in [3.63, 3.8) is 0 Å². The third-order valence-electron chi connectivity index (χ3n) is 3.95. The molecule has 0 bridgehead atoms. The molecule has 0 unspecified atom stereocenters. The molecule has 1 heterocycles. The third-order valence-corrected chi connectivity index (χ3v) is 4.80. The van der Waals surface area contributed by atoms with Gasteiger partial charge in [0.15, 0.2) is 0 Å². The summed E-state index contributed by atoms with van der Waals surface area (Å²) in [7, 11) is 0. The summed E-state index contributed by atoms with van der Waals surface area (Å²) in [5.41, 5.74) is 10.4. The van der Waals surface area contributed by atoms with Crippen molar-refractivity contribution in [3.05, 3.63) is 34.4 Å². The van der Waals surface area contributed by atoms with E-state index < -0.39 is 0 Å². The molecular formula is C15H18BrN3. The SMILES string of the molecule is Cc1cc(N)c(-c2ccnn2C2CCCC2)cc1Br. The number of anilines is 1. The Morgan fingerprint density at radius 1 is 1.32 bits per heavy atom. The lowest BCUT2D eigenvalue weighted by molar-refractivity contribution is 0.472. The summed E-state index contributed by atoms with van der Waals surface area (Å²) in [4.78, 5) is 0. The van der Waals surface area contributed by atoms with Crippen molar-refractivity contribution >= 4 is 21.6 Å². The quantitative estimate of drug-likeness (QED) is 0.838. The van der Waals surface area contributed by atoms with Crippen LogP contribution in [0.4, 0.5) is 5.69 Å². The maximum absolute atomic E-state index is 6.19.